The molecule has 0 unspecified atom stereocenters. The van der Waals surface area contributed by atoms with Crippen LogP contribution in [0.1, 0.15) is 23.0 Å². The van der Waals surface area contributed by atoms with Crippen molar-refractivity contribution in [3.63, 3.8) is 0 Å². The number of carbonyl (C=O) groups excluding carboxylic acids is 1. The van der Waals surface area contributed by atoms with Crippen molar-refractivity contribution in [1.82, 2.24) is 9.88 Å². The largest absolute Gasteiger partial charge is 0.333 e. The molecular formula is C15H14BrClN2O. The molecule has 2 aromatic rings. The average Bonchev–Trinajstić information content (AvgIpc) is 2.48. The molecule has 20 heavy (non-hydrogen) atoms. The number of pyridine rings is 1. The van der Waals surface area contributed by atoms with Crippen LogP contribution in [0.25, 0.3) is 0 Å². The topological polar surface area (TPSA) is 33.2 Å². The van der Waals surface area contributed by atoms with E-state index >= 15 is 0 Å². The Morgan fingerprint density at radius 1 is 1.30 bits per heavy atom. The zero-order valence-electron chi connectivity index (χ0n) is 11.0. The summed E-state index contributed by atoms with van der Waals surface area (Å²) in [6, 6.07) is 11.0. The first-order valence-corrected chi connectivity index (χ1v) is 7.43. The van der Waals surface area contributed by atoms with Gasteiger partial charge in [-0.1, -0.05) is 23.7 Å². The van der Waals surface area contributed by atoms with Crippen molar-refractivity contribution in [3.05, 3.63) is 63.3 Å². The van der Waals surface area contributed by atoms with E-state index < -0.39 is 0 Å². The molecule has 1 aromatic heterocycles. The van der Waals surface area contributed by atoms with Gasteiger partial charge in [-0.05, 0) is 47.1 Å². The van der Waals surface area contributed by atoms with Gasteiger partial charge in [-0.15, -0.1) is 0 Å². The molecule has 0 bridgehead atoms. The zero-order valence-corrected chi connectivity index (χ0v) is 13.4. The lowest BCUT2D eigenvalue weighted by molar-refractivity contribution is 0.0750. The fourth-order valence-corrected chi connectivity index (χ4v) is 2.43. The summed E-state index contributed by atoms with van der Waals surface area (Å²) in [7, 11) is 0. The summed E-state index contributed by atoms with van der Waals surface area (Å²) >= 11 is 9.52. The number of rotatable bonds is 4. The first-order valence-electron chi connectivity index (χ1n) is 6.26. The first-order chi connectivity index (χ1) is 9.63. The maximum Gasteiger partial charge on any atom is 0.255 e. The maximum absolute atomic E-state index is 12.5. The monoisotopic (exact) mass is 352 g/mol. The van der Waals surface area contributed by atoms with Gasteiger partial charge < -0.3 is 4.90 Å². The molecule has 1 aromatic carbocycles. The highest BCUT2D eigenvalue weighted by Gasteiger charge is 2.18. The quantitative estimate of drug-likeness (QED) is 0.827. The van der Waals surface area contributed by atoms with Crippen LogP contribution in [0.2, 0.25) is 5.02 Å². The highest BCUT2D eigenvalue weighted by Crippen LogP contribution is 2.27. The molecule has 3 nitrogen and oxygen atoms in total. The van der Waals surface area contributed by atoms with Crippen molar-refractivity contribution in [2.45, 2.75) is 13.5 Å². The van der Waals surface area contributed by atoms with Crippen LogP contribution in [0.5, 0.6) is 0 Å². The molecule has 0 saturated heterocycles. The third-order valence-corrected chi connectivity index (χ3v) is 4.23. The second kappa shape index (κ2) is 6.86. The summed E-state index contributed by atoms with van der Waals surface area (Å²) in [5.41, 5.74) is 1.35. The van der Waals surface area contributed by atoms with Crippen LogP contribution in [0.4, 0.5) is 0 Å². The summed E-state index contributed by atoms with van der Waals surface area (Å²) in [4.78, 5) is 18.5. The van der Waals surface area contributed by atoms with Gasteiger partial charge in [0.25, 0.3) is 5.91 Å². The van der Waals surface area contributed by atoms with Crippen LogP contribution >= 0.6 is 27.5 Å². The van der Waals surface area contributed by atoms with Crippen molar-refractivity contribution in [2.75, 3.05) is 6.54 Å². The number of halogens is 2. The van der Waals surface area contributed by atoms with Gasteiger partial charge in [0, 0.05) is 17.2 Å². The number of aromatic nitrogens is 1. The third kappa shape index (κ3) is 3.38. The highest BCUT2D eigenvalue weighted by atomic mass is 79.9. The van der Waals surface area contributed by atoms with E-state index in [1.54, 1.807) is 23.2 Å². The third-order valence-electron chi connectivity index (χ3n) is 2.93. The molecule has 0 aliphatic rings. The molecular weight excluding hydrogens is 340 g/mol. The molecule has 0 N–H and O–H groups in total. The van der Waals surface area contributed by atoms with Gasteiger partial charge in [0.15, 0.2) is 0 Å². The van der Waals surface area contributed by atoms with Gasteiger partial charge in [0.1, 0.15) is 0 Å². The van der Waals surface area contributed by atoms with E-state index in [1.807, 2.05) is 31.2 Å². The Balaban J connectivity index is 2.23. The predicted molar refractivity (Wildman–Crippen MR) is 83.8 cm³/mol. The van der Waals surface area contributed by atoms with E-state index in [-0.39, 0.29) is 5.91 Å². The van der Waals surface area contributed by atoms with Crippen LogP contribution < -0.4 is 0 Å². The van der Waals surface area contributed by atoms with Gasteiger partial charge in [-0.2, -0.15) is 0 Å². The number of amides is 1. The first kappa shape index (κ1) is 15.0. The molecule has 0 aliphatic carbocycles. The Morgan fingerprint density at radius 3 is 2.75 bits per heavy atom. The van der Waals surface area contributed by atoms with Crippen molar-refractivity contribution >= 4 is 33.4 Å². The summed E-state index contributed by atoms with van der Waals surface area (Å²) in [5.74, 6) is -0.0931. The van der Waals surface area contributed by atoms with Crippen LogP contribution in [-0.2, 0) is 6.54 Å². The second-order valence-electron chi connectivity index (χ2n) is 4.24. The summed E-state index contributed by atoms with van der Waals surface area (Å²) in [5, 5.41) is 0.442. The Hall–Kier alpha value is -1.39. The molecule has 5 heteroatoms. The highest BCUT2D eigenvalue weighted by molar-refractivity contribution is 9.10. The standard InChI is InChI=1S/C15H14BrClN2O/c1-2-19(10-11-6-3-4-9-18-11)15(20)12-7-5-8-13(16)14(12)17/h3-9H,2,10H2,1H3. The summed E-state index contributed by atoms with van der Waals surface area (Å²) < 4.78 is 0.721. The lowest BCUT2D eigenvalue weighted by atomic mass is 10.2. The molecule has 0 saturated carbocycles. The molecule has 0 atom stereocenters. The number of nitrogens with zero attached hydrogens (tertiary/aromatic N) is 2. The molecule has 2 rings (SSSR count). The number of benzene rings is 1. The molecule has 1 amide bonds. The molecule has 1 heterocycles. The lowest BCUT2D eigenvalue weighted by Gasteiger charge is -2.21. The fourth-order valence-electron chi connectivity index (χ4n) is 1.85. The Labute approximate surface area is 131 Å². The summed E-state index contributed by atoms with van der Waals surface area (Å²) in [6.45, 7) is 3.00. The van der Waals surface area contributed by atoms with E-state index in [1.165, 1.54) is 0 Å². The van der Waals surface area contributed by atoms with Crippen LogP contribution in [0, 0.1) is 0 Å². The molecule has 0 radical (unpaired) electrons. The fraction of sp³-hybridized carbons (Fsp3) is 0.200. The van der Waals surface area contributed by atoms with Crippen molar-refractivity contribution in [2.24, 2.45) is 0 Å². The van der Waals surface area contributed by atoms with Gasteiger partial charge in [0.2, 0.25) is 0 Å². The van der Waals surface area contributed by atoms with Gasteiger partial charge in [-0.3, -0.25) is 9.78 Å². The zero-order chi connectivity index (χ0) is 14.5. The molecule has 0 spiro atoms. The normalized spacial score (nSPS) is 10.3. The Kier molecular flexibility index (Phi) is 5.15. The number of hydrogen-bond donors (Lipinski definition) is 0. The lowest BCUT2D eigenvalue weighted by Crippen LogP contribution is -2.30. The van der Waals surface area contributed by atoms with E-state index in [9.17, 15) is 4.79 Å². The van der Waals surface area contributed by atoms with Crippen LogP contribution in [0.3, 0.4) is 0 Å². The van der Waals surface area contributed by atoms with Gasteiger partial charge in [-0.25, -0.2) is 0 Å². The van der Waals surface area contributed by atoms with Crippen LogP contribution in [-0.4, -0.2) is 22.3 Å². The minimum Gasteiger partial charge on any atom is -0.333 e. The van der Waals surface area contributed by atoms with E-state index in [0.29, 0.717) is 23.7 Å². The SMILES string of the molecule is CCN(Cc1ccccn1)C(=O)c1cccc(Br)c1Cl. The summed E-state index contributed by atoms with van der Waals surface area (Å²) in [6.07, 6.45) is 1.72. The van der Waals surface area contributed by atoms with Crippen LogP contribution in [0.15, 0.2) is 47.1 Å². The van der Waals surface area contributed by atoms with E-state index in [0.717, 1.165) is 10.2 Å². The van der Waals surface area contributed by atoms with Crippen molar-refractivity contribution in [1.29, 1.82) is 0 Å². The smallest absolute Gasteiger partial charge is 0.255 e. The maximum atomic E-state index is 12.5. The van der Waals surface area contributed by atoms with Gasteiger partial charge in [0.05, 0.1) is 22.8 Å². The van der Waals surface area contributed by atoms with Crippen molar-refractivity contribution < 1.29 is 4.79 Å². The number of carbonyl (C=O) groups is 1. The molecule has 104 valence electrons. The van der Waals surface area contributed by atoms with E-state index in [2.05, 4.69) is 20.9 Å². The number of hydrogen-bond acceptors (Lipinski definition) is 2. The Morgan fingerprint density at radius 2 is 2.10 bits per heavy atom. The minimum atomic E-state index is -0.0931. The molecule has 0 fully saturated rings. The minimum absolute atomic E-state index is 0.0931. The van der Waals surface area contributed by atoms with Gasteiger partial charge >= 0.3 is 0 Å². The second-order valence-corrected chi connectivity index (χ2v) is 5.47. The molecule has 0 aliphatic heterocycles. The Bertz CT molecular complexity index is 604. The van der Waals surface area contributed by atoms with E-state index in [4.69, 9.17) is 11.6 Å². The average molecular weight is 354 g/mol. The van der Waals surface area contributed by atoms with Crippen molar-refractivity contribution in [3.8, 4) is 0 Å². The predicted octanol–water partition coefficient (Wildman–Crippen LogP) is 4.16.